The van der Waals surface area contributed by atoms with Crippen molar-refractivity contribution in [2.24, 2.45) is 0 Å². The van der Waals surface area contributed by atoms with Gasteiger partial charge in [-0.05, 0) is 18.6 Å². The predicted molar refractivity (Wildman–Crippen MR) is 54.4 cm³/mol. The summed E-state index contributed by atoms with van der Waals surface area (Å²) < 4.78 is 6.00. The summed E-state index contributed by atoms with van der Waals surface area (Å²) in [5.41, 5.74) is 3.14. The average molecular weight is 238 g/mol. The van der Waals surface area contributed by atoms with Gasteiger partial charge in [-0.15, -0.1) is 0 Å². The molecule has 0 amide bonds. The monoisotopic (exact) mass is 237 g/mol. The highest BCUT2D eigenvalue weighted by atomic mass is 79.9. The van der Waals surface area contributed by atoms with Gasteiger partial charge >= 0.3 is 0 Å². The topological polar surface area (TPSA) is 26.0 Å². The molecule has 0 saturated carbocycles. The number of rotatable bonds is 1. The van der Waals surface area contributed by atoms with E-state index in [9.17, 15) is 0 Å². The lowest BCUT2D eigenvalue weighted by Crippen LogP contribution is -1.79. The van der Waals surface area contributed by atoms with Gasteiger partial charge in [0, 0.05) is 10.0 Å². The van der Waals surface area contributed by atoms with Gasteiger partial charge in [-0.2, -0.15) is 0 Å². The molecule has 2 nitrogen and oxygen atoms in total. The second kappa shape index (κ2) is 3.34. The Balaban J connectivity index is 2.49. The van der Waals surface area contributed by atoms with Crippen LogP contribution >= 0.6 is 15.9 Å². The Morgan fingerprint density at radius 1 is 1.38 bits per heavy atom. The van der Waals surface area contributed by atoms with E-state index >= 15 is 0 Å². The van der Waals surface area contributed by atoms with Crippen LogP contribution in [0.4, 0.5) is 0 Å². The highest BCUT2D eigenvalue weighted by molar-refractivity contribution is 9.10. The average Bonchev–Trinajstić information content (AvgIpc) is 2.62. The molecule has 2 aromatic rings. The number of hydrogen-bond acceptors (Lipinski definition) is 2. The zero-order valence-corrected chi connectivity index (χ0v) is 8.71. The Hall–Kier alpha value is -1.09. The molecule has 0 N–H and O–H groups in total. The molecule has 1 aromatic carbocycles. The van der Waals surface area contributed by atoms with Crippen LogP contribution in [0.3, 0.4) is 0 Å². The zero-order valence-electron chi connectivity index (χ0n) is 7.12. The first-order valence-corrected chi connectivity index (χ1v) is 4.71. The standard InChI is InChI=1S/C10H8BrNO/c1-7-2-3-8(4-9(7)11)10-5-13-6-12-10/h2-6H,1H3. The largest absolute Gasteiger partial charge is 0.451 e. The number of halogens is 1. The number of benzene rings is 1. The van der Waals surface area contributed by atoms with Crippen LogP contribution < -0.4 is 0 Å². The van der Waals surface area contributed by atoms with Crippen molar-refractivity contribution in [1.82, 2.24) is 4.98 Å². The minimum atomic E-state index is 0.862. The fourth-order valence-electron chi connectivity index (χ4n) is 1.11. The lowest BCUT2D eigenvalue weighted by atomic mass is 10.1. The van der Waals surface area contributed by atoms with Crippen LogP contribution in [0.25, 0.3) is 11.3 Å². The molecule has 0 radical (unpaired) electrons. The smallest absolute Gasteiger partial charge is 0.181 e. The highest BCUT2D eigenvalue weighted by Gasteiger charge is 2.02. The van der Waals surface area contributed by atoms with Crippen molar-refractivity contribution in [2.75, 3.05) is 0 Å². The molecule has 0 saturated heterocycles. The van der Waals surface area contributed by atoms with Crippen LogP contribution in [0.5, 0.6) is 0 Å². The van der Waals surface area contributed by atoms with Crippen LogP contribution in [-0.2, 0) is 0 Å². The molecule has 0 atom stereocenters. The van der Waals surface area contributed by atoms with Gasteiger partial charge in [-0.3, -0.25) is 0 Å². The second-order valence-electron chi connectivity index (χ2n) is 2.84. The zero-order chi connectivity index (χ0) is 9.26. The normalized spacial score (nSPS) is 10.3. The third kappa shape index (κ3) is 1.65. The van der Waals surface area contributed by atoms with Gasteiger partial charge in [-0.1, -0.05) is 28.1 Å². The summed E-state index contributed by atoms with van der Waals surface area (Å²) in [6.07, 6.45) is 3.07. The predicted octanol–water partition coefficient (Wildman–Crippen LogP) is 3.41. The van der Waals surface area contributed by atoms with E-state index < -0.39 is 0 Å². The molecule has 0 fully saturated rings. The summed E-state index contributed by atoms with van der Waals surface area (Å²) in [6.45, 7) is 2.05. The van der Waals surface area contributed by atoms with Crippen LogP contribution in [0, 0.1) is 6.92 Å². The van der Waals surface area contributed by atoms with Crippen molar-refractivity contribution in [2.45, 2.75) is 6.92 Å². The molecule has 1 heterocycles. The van der Waals surface area contributed by atoms with Gasteiger partial charge in [0.25, 0.3) is 0 Å². The Labute approximate surface area is 84.7 Å². The van der Waals surface area contributed by atoms with E-state index in [1.807, 2.05) is 18.2 Å². The summed E-state index contributed by atoms with van der Waals surface area (Å²) in [5, 5.41) is 0. The van der Waals surface area contributed by atoms with Crippen molar-refractivity contribution < 1.29 is 4.42 Å². The number of nitrogens with zero attached hydrogens (tertiary/aromatic N) is 1. The summed E-state index contributed by atoms with van der Waals surface area (Å²) in [4.78, 5) is 4.07. The Morgan fingerprint density at radius 2 is 2.23 bits per heavy atom. The summed E-state index contributed by atoms with van der Waals surface area (Å²) >= 11 is 3.47. The van der Waals surface area contributed by atoms with Crippen LogP contribution in [0.2, 0.25) is 0 Å². The van der Waals surface area contributed by atoms with Gasteiger partial charge in [0.1, 0.15) is 12.0 Å². The molecule has 2 rings (SSSR count). The van der Waals surface area contributed by atoms with E-state index in [4.69, 9.17) is 4.42 Å². The Bertz CT molecular complexity index is 409. The molecule has 0 aliphatic heterocycles. The fraction of sp³-hybridized carbons (Fsp3) is 0.100. The fourth-order valence-corrected chi connectivity index (χ4v) is 1.49. The lowest BCUT2D eigenvalue weighted by molar-refractivity contribution is 0.558. The van der Waals surface area contributed by atoms with Gasteiger partial charge in [0.15, 0.2) is 6.39 Å². The second-order valence-corrected chi connectivity index (χ2v) is 3.69. The summed E-state index contributed by atoms with van der Waals surface area (Å²) in [7, 11) is 0. The first kappa shape index (κ1) is 8.51. The molecule has 0 spiro atoms. The Kier molecular flexibility index (Phi) is 2.19. The Morgan fingerprint density at radius 3 is 2.85 bits per heavy atom. The lowest BCUT2D eigenvalue weighted by Gasteiger charge is -1.99. The van der Waals surface area contributed by atoms with Crippen LogP contribution in [-0.4, -0.2) is 4.98 Å². The van der Waals surface area contributed by atoms with Gasteiger partial charge in [-0.25, -0.2) is 4.98 Å². The number of oxazole rings is 1. The molecule has 0 aliphatic rings. The SMILES string of the molecule is Cc1ccc(-c2cocn2)cc1Br. The van der Waals surface area contributed by atoms with Gasteiger partial charge in [0.05, 0.1) is 0 Å². The molecule has 0 aliphatic carbocycles. The van der Waals surface area contributed by atoms with Crippen molar-refractivity contribution in [3.8, 4) is 11.3 Å². The van der Waals surface area contributed by atoms with E-state index in [0.29, 0.717) is 0 Å². The van der Waals surface area contributed by atoms with E-state index in [0.717, 1.165) is 15.7 Å². The summed E-state index contributed by atoms with van der Waals surface area (Å²) in [5.74, 6) is 0. The van der Waals surface area contributed by atoms with E-state index in [1.165, 1.54) is 12.0 Å². The molecule has 0 unspecified atom stereocenters. The first-order chi connectivity index (χ1) is 6.27. The van der Waals surface area contributed by atoms with E-state index in [2.05, 4.69) is 27.8 Å². The maximum atomic E-state index is 4.91. The van der Waals surface area contributed by atoms with Crippen LogP contribution in [0.15, 0.2) is 39.7 Å². The maximum absolute atomic E-state index is 4.91. The van der Waals surface area contributed by atoms with Crippen molar-refractivity contribution in [1.29, 1.82) is 0 Å². The van der Waals surface area contributed by atoms with Crippen LogP contribution in [0.1, 0.15) is 5.56 Å². The number of aromatic nitrogens is 1. The van der Waals surface area contributed by atoms with Gasteiger partial charge < -0.3 is 4.42 Å². The third-order valence-corrected chi connectivity index (χ3v) is 2.75. The minimum absolute atomic E-state index is 0.862. The maximum Gasteiger partial charge on any atom is 0.181 e. The molecular formula is C10H8BrNO. The van der Waals surface area contributed by atoms with Crippen molar-refractivity contribution in [3.63, 3.8) is 0 Å². The third-order valence-electron chi connectivity index (χ3n) is 1.90. The minimum Gasteiger partial charge on any atom is -0.451 e. The number of hydrogen-bond donors (Lipinski definition) is 0. The summed E-state index contributed by atoms with van der Waals surface area (Å²) in [6, 6.07) is 6.11. The van der Waals surface area contributed by atoms with Crippen molar-refractivity contribution >= 4 is 15.9 Å². The molecule has 3 heteroatoms. The van der Waals surface area contributed by atoms with Crippen molar-refractivity contribution in [3.05, 3.63) is 40.9 Å². The quantitative estimate of drug-likeness (QED) is 0.760. The molecule has 0 bridgehead atoms. The van der Waals surface area contributed by atoms with E-state index in [1.54, 1.807) is 6.26 Å². The van der Waals surface area contributed by atoms with Gasteiger partial charge in [0.2, 0.25) is 0 Å². The molecule has 66 valence electrons. The molecule has 13 heavy (non-hydrogen) atoms. The molecular weight excluding hydrogens is 230 g/mol. The highest BCUT2D eigenvalue weighted by Crippen LogP contribution is 2.24. The van der Waals surface area contributed by atoms with E-state index in [-0.39, 0.29) is 0 Å². The number of aryl methyl sites for hydroxylation is 1. The first-order valence-electron chi connectivity index (χ1n) is 3.92. The molecule has 1 aromatic heterocycles.